The van der Waals surface area contributed by atoms with Crippen molar-refractivity contribution in [2.75, 3.05) is 26.0 Å². The Morgan fingerprint density at radius 3 is 2.46 bits per heavy atom. The molecule has 7 aliphatic rings. The average Bonchev–Trinajstić information content (AvgIpc) is 0.701. The highest BCUT2D eigenvalue weighted by Crippen LogP contribution is 2.70. The van der Waals surface area contributed by atoms with E-state index in [-0.39, 0.29) is 66.1 Å². The van der Waals surface area contributed by atoms with Crippen LogP contribution >= 0.6 is 21.6 Å². The van der Waals surface area contributed by atoms with Crippen LogP contribution in [-0.2, 0) is 50.3 Å². The van der Waals surface area contributed by atoms with Crippen LogP contribution in [0.4, 0.5) is 0 Å². The van der Waals surface area contributed by atoms with Crippen LogP contribution in [0.5, 0.6) is 28.7 Å². The lowest BCUT2D eigenvalue weighted by Gasteiger charge is -2.64. The number of carbonyl (C=O) groups is 2. The maximum absolute atomic E-state index is 17.0. The largest absolute Gasteiger partial charge is 0.508 e. The second-order valence-corrected chi connectivity index (χ2v) is 28.8. The summed E-state index contributed by atoms with van der Waals surface area (Å²) < 4.78 is 26.5. The van der Waals surface area contributed by atoms with Crippen LogP contribution in [0.1, 0.15) is 102 Å². The number of allylic oxidation sites excluding steroid dienone is 1. The van der Waals surface area contributed by atoms with Crippen LogP contribution in [0, 0.1) is 52.8 Å². The van der Waals surface area contributed by atoms with Crippen molar-refractivity contribution in [3.05, 3.63) is 190 Å². The van der Waals surface area contributed by atoms with Gasteiger partial charge in [-0.25, -0.2) is 0 Å². The smallest absolute Gasteiger partial charge is 0.316 e. The summed E-state index contributed by atoms with van der Waals surface area (Å²) in [7, 11) is 4.36. The van der Waals surface area contributed by atoms with Crippen molar-refractivity contribution in [1.29, 1.82) is 0 Å². The third kappa shape index (κ3) is 11.3. The van der Waals surface area contributed by atoms with Gasteiger partial charge in [0.25, 0.3) is 0 Å². The molecular weight excluding hydrogens is 1150 g/mol. The van der Waals surface area contributed by atoms with Gasteiger partial charge in [-0.1, -0.05) is 137 Å². The molecule has 7 aromatic rings. The number of ether oxygens (including phenoxy) is 4. The number of methoxy groups -OCH3 is 1. The molecule has 0 saturated heterocycles. The molecule has 458 valence electrons. The summed E-state index contributed by atoms with van der Waals surface area (Å²) in [6.45, 7) is 2.57. The number of aromatic hydroxyl groups is 3. The molecule has 14 rings (SSSR count). The first-order valence-corrected chi connectivity index (χ1v) is 33.9. The van der Waals surface area contributed by atoms with Gasteiger partial charge in [0.15, 0.2) is 23.0 Å². The fourth-order valence-corrected chi connectivity index (χ4v) is 19.5. The minimum Gasteiger partial charge on any atom is -0.508 e. The average molecular weight is 1230 g/mol. The van der Waals surface area contributed by atoms with Gasteiger partial charge in [-0.15, -0.1) is 0 Å². The summed E-state index contributed by atoms with van der Waals surface area (Å²) in [5, 5.41) is 65.2. The van der Waals surface area contributed by atoms with Crippen LogP contribution in [-0.4, -0.2) is 87.2 Å². The lowest BCUT2D eigenvalue weighted by atomic mass is 9.40. The zero-order valence-corrected chi connectivity index (χ0v) is 51.7. The minimum atomic E-state index is -1.28. The van der Waals surface area contributed by atoms with Crippen LogP contribution in [0.2, 0.25) is 0 Å². The number of esters is 2. The van der Waals surface area contributed by atoms with E-state index < -0.39 is 70.2 Å². The van der Waals surface area contributed by atoms with E-state index in [4.69, 9.17) is 18.9 Å². The van der Waals surface area contributed by atoms with Crippen molar-refractivity contribution < 1.29 is 54.1 Å². The normalized spacial score (nSPS) is 30.5. The minimum absolute atomic E-state index is 0.0105. The van der Waals surface area contributed by atoms with Gasteiger partial charge in [0.2, 0.25) is 0 Å². The van der Waals surface area contributed by atoms with E-state index in [1.54, 1.807) is 18.2 Å². The maximum atomic E-state index is 17.0. The van der Waals surface area contributed by atoms with Gasteiger partial charge in [-0.05, 0) is 196 Å². The molecule has 11 bridgehead atoms. The number of benzene rings is 7. The number of aliphatic hydroxyl groups excluding tert-OH is 2. The summed E-state index contributed by atoms with van der Waals surface area (Å²) in [5.41, 5.74) is 6.19. The van der Waals surface area contributed by atoms with Gasteiger partial charge < -0.3 is 49.8 Å². The van der Waals surface area contributed by atoms with E-state index >= 15 is 4.79 Å². The summed E-state index contributed by atoms with van der Waals surface area (Å²) in [6.07, 6.45) is 5.70. The highest BCUT2D eigenvalue weighted by molar-refractivity contribution is 8.76. The van der Waals surface area contributed by atoms with Crippen LogP contribution in [0.3, 0.4) is 0 Å². The fourth-order valence-electron chi connectivity index (χ4n) is 17.2. The predicted molar refractivity (Wildman–Crippen MR) is 348 cm³/mol. The molecule has 0 amide bonds. The molecule has 3 fully saturated rings. The SMILES string of the molecule is COc1cc2c(cc1O)[C@H]1C[C@@H](O)[C@H]3Cc4cc(O)c5cc4[C@H]4C[C@@H](C[C@@H](OC(C)=O)[C@@H](C2)[C@]1(/C=C/c1ccccc1)[C@H]34)OC(=O)[C@]12C[C@H](C#C[C@H](Cc3ccccc3)CNCc3cccc(c3)-c3cc(O)cc4ccc1cc34)C[C@@H](CSS[C@@H](O)CO5)C2. The maximum Gasteiger partial charge on any atom is 0.316 e. The Kier molecular flexibility index (Phi) is 16.3. The van der Waals surface area contributed by atoms with Crippen LogP contribution < -0.4 is 14.8 Å². The number of phenols is 3. The summed E-state index contributed by atoms with van der Waals surface area (Å²) in [4.78, 5) is 31.0. The first-order valence-electron chi connectivity index (χ1n) is 31.5. The molecule has 0 aromatic heterocycles. The van der Waals surface area contributed by atoms with Gasteiger partial charge >= 0.3 is 11.9 Å². The van der Waals surface area contributed by atoms with E-state index in [9.17, 15) is 30.3 Å². The lowest BCUT2D eigenvalue weighted by molar-refractivity contribution is -0.179. The van der Waals surface area contributed by atoms with E-state index in [1.807, 2.05) is 60.7 Å². The first-order chi connectivity index (χ1) is 43.2. The third-order valence-corrected chi connectivity index (χ3v) is 23.4. The Bertz CT molecular complexity index is 3940. The predicted octanol–water partition coefficient (Wildman–Crippen LogP) is 13.0. The Morgan fingerprint density at radius 1 is 0.820 bits per heavy atom. The molecule has 5 aliphatic carbocycles. The molecule has 1 spiro atoms. The molecule has 2 heterocycles. The molecule has 0 radical (unpaired) electrons. The molecule has 7 aromatic carbocycles. The van der Waals surface area contributed by atoms with E-state index in [0.29, 0.717) is 63.1 Å². The number of aliphatic hydroxyl groups is 2. The highest BCUT2D eigenvalue weighted by Gasteiger charge is 2.66. The molecule has 12 nitrogen and oxygen atoms in total. The van der Waals surface area contributed by atoms with Gasteiger partial charge in [-0.3, -0.25) is 9.59 Å². The number of rotatable bonds is 6. The summed E-state index contributed by atoms with van der Waals surface area (Å²) >= 11 is 0. The van der Waals surface area contributed by atoms with Crippen molar-refractivity contribution in [2.45, 2.75) is 112 Å². The molecule has 89 heavy (non-hydrogen) atoms. The molecule has 14 atom stereocenters. The molecule has 14 heteroatoms. The number of hydrogen-bond donors (Lipinski definition) is 6. The van der Waals surface area contributed by atoms with Gasteiger partial charge in [-0.2, -0.15) is 0 Å². The Balaban J connectivity index is 0.979. The van der Waals surface area contributed by atoms with E-state index in [0.717, 1.165) is 67.3 Å². The van der Waals surface area contributed by atoms with Crippen molar-refractivity contribution in [3.8, 4) is 51.7 Å². The summed E-state index contributed by atoms with van der Waals surface area (Å²) in [6, 6.07) is 46.0. The number of hydrogen-bond acceptors (Lipinski definition) is 14. The van der Waals surface area contributed by atoms with Crippen molar-refractivity contribution >= 4 is 50.4 Å². The lowest BCUT2D eigenvalue weighted by Crippen LogP contribution is -2.62. The molecule has 6 N–H and O–H groups in total. The topological polar surface area (TPSA) is 184 Å². The third-order valence-electron chi connectivity index (χ3n) is 20.8. The Labute approximate surface area is 527 Å². The Morgan fingerprint density at radius 2 is 1.64 bits per heavy atom. The van der Waals surface area contributed by atoms with E-state index in [1.165, 1.54) is 41.2 Å². The zero-order chi connectivity index (χ0) is 61.1. The first kappa shape index (κ1) is 59.3. The van der Waals surface area contributed by atoms with E-state index in [2.05, 4.69) is 90.0 Å². The number of nitrogens with one attached hydrogen (secondary N) is 1. The second-order valence-electron chi connectivity index (χ2n) is 26.2. The quantitative estimate of drug-likeness (QED) is 0.0525. The Hall–Kier alpha value is -7.38. The summed E-state index contributed by atoms with van der Waals surface area (Å²) in [5.74, 6) is 5.39. The van der Waals surface area contributed by atoms with Gasteiger partial charge in [0.1, 0.15) is 30.0 Å². The van der Waals surface area contributed by atoms with Crippen molar-refractivity contribution in [1.82, 2.24) is 5.32 Å². The van der Waals surface area contributed by atoms with Crippen LogP contribution in [0.25, 0.3) is 28.0 Å². The molecule has 3 saturated carbocycles. The standard InChI is InChI=1S/C75H75NO11S2/c1-43(77)86-68-33-56-32-61-59-35-70(66(80)28-52(59)26-62-65(79)36-63-60-34-67(81)69(84-2)29-53(60)27-64(68)75(63,72(61)62)21-20-44-10-5-3-6-11-44)85-41-71(82)89-88-42-49-23-46-16-17-48(22-45-12-7-4-8-13-45)40-76-39-47-14-9-15-50(24-47)58-31-55(78)25-51-18-19-54(30-57(51)58)74(37-46,38-49)73(83)87-56/h3-15,18-21,24-25,28-31,34-35,46,48-49,56,61-65,68,71-72,76,78-82H,22-23,26-27,32-33,36-42H2,1-2H3/b21-20+/t46-,48-,49-,56+,61-,62-,63-,64-,65-,68-,71-,72+,74+,75-/m1/s1. The highest BCUT2D eigenvalue weighted by atomic mass is 33.1. The fraction of sp³-hybridized carbons (Fsp3) is 0.387. The van der Waals surface area contributed by atoms with Gasteiger partial charge in [0.05, 0.1) is 18.6 Å². The van der Waals surface area contributed by atoms with Gasteiger partial charge in [0, 0.05) is 55.4 Å². The van der Waals surface area contributed by atoms with Crippen molar-refractivity contribution in [2.24, 2.45) is 40.9 Å². The number of phenolic OH excluding ortho intramolecular Hbond substituents is 3. The second kappa shape index (κ2) is 24.4. The van der Waals surface area contributed by atoms with Crippen molar-refractivity contribution in [3.63, 3.8) is 0 Å². The number of fused-ring (bicyclic) bond motifs is 10. The number of carbonyl (C=O) groups excluding carboxylic acids is 2. The zero-order valence-electron chi connectivity index (χ0n) is 50.1. The molecular formula is C75H75NO11S2. The monoisotopic (exact) mass is 1230 g/mol. The molecule has 0 unspecified atom stereocenters. The molecule has 2 aliphatic heterocycles. The van der Waals surface area contributed by atoms with Crippen LogP contribution in [0.15, 0.2) is 146 Å².